The Morgan fingerprint density at radius 1 is 1.24 bits per heavy atom. The zero-order valence-corrected chi connectivity index (χ0v) is 16.9. The Morgan fingerprint density at radius 3 is 2.86 bits per heavy atom. The van der Waals surface area contributed by atoms with Crippen molar-refractivity contribution in [1.82, 2.24) is 20.4 Å². The average Bonchev–Trinajstić information content (AvgIpc) is 3.38. The highest BCUT2D eigenvalue weighted by molar-refractivity contribution is 6.42. The number of hydrogen-bond donors (Lipinski definition) is 2. The minimum atomic E-state index is -0.308. The fourth-order valence-corrected chi connectivity index (χ4v) is 3.62. The van der Waals surface area contributed by atoms with Gasteiger partial charge in [0.25, 0.3) is 5.91 Å². The third-order valence-corrected chi connectivity index (χ3v) is 5.58. The third-order valence-electron chi connectivity index (χ3n) is 4.84. The molecule has 0 unspecified atom stereocenters. The second-order valence-corrected chi connectivity index (χ2v) is 7.60. The molecule has 0 radical (unpaired) electrons. The van der Waals surface area contributed by atoms with Crippen LogP contribution in [0.15, 0.2) is 41.0 Å². The van der Waals surface area contributed by atoms with Crippen LogP contribution in [-0.4, -0.2) is 33.5 Å². The molecule has 1 aliphatic heterocycles. The molecule has 7 nitrogen and oxygen atoms in total. The highest BCUT2D eigenvalue weighted by Crippen LogP contribution is 2.24. The second kappa shape index (κ2) is 8.31. The molecule has 2 N–H and O–H groups in total. The number of hydrogen-bond acceptors (Lipinski definition) is 4. The molecule has 2 aromatic heterocycles. The summed E-state index contributed by atoms with van der Waals surface area (Å²) in [6.07, 6.45) is 2.38. The summed E-state index contributed by atoms with van der Waals surface area (Å²) in [5, 5.41) is 10.7. The van der Waals surface area contributed by atoms with Gasteiger partial charge in [0.15, 0.2) is 5.69 Å². The lowest BCUT2D eigenvalue weighted by Gasteiger charge is -2.27. The van der Waals surface area contributed by atoms with Crippen LogP contribution in [0.1, 0.15) is 33.1 Å². The first-order valence-corrected chi connectivity index (χ1v) is 9.85. The zero-order valence-electron chi connectivity index (χ0n) is 15.4. The molecule has 0 spiro atoms. The Bertz CT molecular complexity index is 1050. The van der Waals surface area contributed by atoms with Crippen LogP contribution in [-0.2, 0) is 30.7 Å². The van der Waals surface area contributed by atoms with Crippen molar-refractivity contribution in [3.8, 4) is 0 Å². The quantitative estimate of drug-likeness (QED) is 0.646. The summed E-state index contributed by atoms with van der Waals surface area (Å²) >= 11 is 12.0. The number of aromatic nitrogens is 2. The molecular weight excluding hydrogens is 415 g/mol. The lowest BCUT2D eigenvalue weighted by atomic mass is 10.0. The molecule has 0 fully saturated rings. The number of carbonyl (C=O) groups excluding carboxylic acids is 2. The van der Waals surface area contributed by atoms with Crippen molar-refractivity contribution in [2.75, 3.05) is 6.54 Å². The number of fused-ring (bicyclic) bond motifs is 1. The topological polar surface area (TPSA) is 91.2 Å². The zero-order chi connectivity index (χ0) is 20.4. The van der Waals surface area contributed by atoms with Crippen molar-refractivity contribution < 1.29 is 14.0 Å². The number of nitrogens with one attached hydrogen (secondary N) is 2. The Labute approximate surface area is 177 Å². The molecule has 0 saturated heterocycles. The van der Waals surface area contributed by atoms with Gasteiger partial charge in [-0.2, -0.15) is 5.10 Å². The number of H-pyrrole nitrogens is 1. The number of halogens is 2. The predicted molar refractivity (Wildman–Crippen MR) is 108 cm³/mol. The maximum Gasteiger partial charge on any atom is 0.272 e. The molecule has 150 valence electrons. The number of benzene rings is 1. The maximum absolute atomic E-state index is 12.8. The van der Waals surface area contributed by atoms with Gasteiger partial charge in [0, 0.05) is 30.8 Å². The minimum Gasteiger partial charge on any atom is -0.467 e. The standard InChI is InChI=1S/C20H18Cl2N4O3/c21-15-4-3-12(8-16(15)22)9-18(27)26-6-5-17-14(11-26)19(25-24-17)20(28)23-10-13-2-1-7-29-13/h1-4,7-8H,5-6,9-11H2,(H,23,28)(H,24,25). The smallest absolute Gasteiger partial charge is 0.272 e. The Kier molecular flexibility index (Phi) is 5.60. The van der Waals surface area contributed by atoms with Crippen LogP contribution in [0.4, 0.5) is 0 Å². The van der Waals surface area contributed by atoms with Crippen molar-refractivity contribution in [3.05, 3.63) is 74.9 Å². The fourth-order valence-electron chi connectivity index (χ4n) is 3.30. The van der Waals surface area contributed by atoms with Gasteiger partial charge in [-0.1, -0.05) is 29.3 Å². The molecule has 29 heavy (non-hydrogen) atoms. The van der Waals surface area contributed by atoms with Gasteiger partial charge >= 0.3 is 0 Å². The normalized spacial score (nSPS) is 13.2. The summed E-state index contributed by atoms with van der Waals surface area (Å²) in [7, 11) is 0. The number of aromatic amines is 1. The number of nitrogens with zero attached hydrogens (tertiary/aromatic N) is 2. The molecule has 0 aliphatic carbocycles. The number of carbonyl (C=O) groups is 2. The van der Waals surface area contributed by atoms with E-state index in [0.29, 0.717) is 41.0 Å². The van der Waals surface area contributed by atoms with Gasteiger partial charge in [0.05, 0.1) is 29.3 Å². The van der Waals surface area contributed by atoms with Gasteiger partial charge in [0.2, 0.25) is 5.91 Å². The van der Waals surface area contributed by atoms with Gasteiger partial charge in [-0.15, -0.1) is 0 Å². The summed E-state index contributed by atoms with van der Waals surface area (Å²) in [6, 6.07) is 8.70. The first-order chi connectivity index (χ1) is 14.0. The van der Waals surface area contributed by atoms with E-state index in [9.17, 15) is 9.59 Å². The predicted octanol–water partition coefficient (Wildman–Crippen LogP) is 3.37. The number of amides is 2. The minimum absolute atomic E-state index is 0.0443. The monoisotopic (exact) mass is 432 g/mol. The molecule has 0 bridgehead atoms. The molecule has 0 atom stereocenters. The lowest BCUT2D eigenvalue weighted by Crippen LogP contribution is -2.37. The first-order valence-electron chi connectivity index (χ1n) is 9.09. The van der Waals surface area contributed by atoms with Crippen molar-refractivity contribution >= 4 is 35.0 Å². The molecule has 3 aromatic rings. The summed E-state index contributed by atoms with van der Waals surface area (Å²) < 4.78 is 5.22. The fraction of sp³-hybridized carbons (Fsp3) is 0.250. The van der Waals surface area contributed by atoms with Gasteiger partial charge in [-0.05, 0) is 29.8 Å². The van der Waals surface area contributed by atoms with Crippen LogP contribution in [0.3, 0.4) is 0 Å². The third kappa shape index (κ3) is 4.31. The van der Waals surface area contributed by atoms with Gasteiger partial charge in [0.1, 0.15) is 5.76 Å². The van der Waals surface area contributed by atoms with Gasteiger partial charge < -0.3 is 14.6 Å². The van der Waals surface area contributed by atoms with Gasteiger partial charge in [-0.25, -0.2) is 0 Å². The molecule has 3 heterocycles. The summed E-state index contributed by atoms with van der Waals surface area (Å²) in [4.78, 5) is 27.0. The average molecular weight is 433 g/mol. The van der Waals surface area contributed by atoms with Crippen molar-refractivity contribution in [1.29, 1.82) is 0 Å². The Balaban J connectivity index is 1.43. The second-order valence-electron chi connectivity index (χ2n) is 6.78. The van der Waals surface area contributed by atoms with Crippen LogP contribution in [0, 0.1) is 0 Å². The molecule has 1 aliphatic rings. The van der Waals surface area contributed by atoms with E-state index in [2.05, 4.69) is 15.5 Å². The first kappa shape index (κ1) is 19.5. The SMILES string of the molecule is O=C(NCc1ccco1)c1n[nH]c2c1CN(C(=O)Cc1ccc(Cl)c(Cl)c1)CC2. The summed E-state index contributed by atoms with van der Waals surface area (Å²) in [6.45, 7) is 1.16. The number of furan rings is 1. The molecule has 9 heteroatoms. The molecule has 1 aromatic carbocycles. The van der Waals surface area contributed by atoms with E-state index >= 15 is 0 Å². The molecule has 0 saturated carbocycles. The van der Waals surface area contributed by atoms with Crippen LogP contribution < -0.4 is 5.32 Å². The van der Waals surface area contributed by atoms with Gasteiger partial charge in [-0.3, -0.25) is 14.7 Å². The summed E-state index contributed by atoms with van der Waals surface area (Å²) in [5.41, 5.74) is 2.72. The van der Waals surface area contributed by atoms with Crippen LogP contribution in [0.25, 0.3) is 0 Å². The molecule has 4 rings (SSSR count). The highest BCUT2D eigenvalue weighted by Gasteiger charge is 2.27. The van der Waals surface area contributed by atoms with E-state index in [1.807, 2.05) is 0 Å². The van der Waals surface area contributed by atoms with Crippen molar-refractivity contribution in [2.24, 2.45) is 0 Å². The maximum atomic E-state index is 12.8. The molecule has 2 amide bonds. The van der Waals surface area contributed by atoms with E-state index in [-0.39, 0.29) is 24.8 Å². The summed E-state index contributed by atoms with van der Waals surface area (Å²) in [5.74, 6) is 0.302. The lowest BCUT2D eigenvalue weighted by molar-refractivity contribution is -0.131. The van der Waals surface area contributed by atoms with E-state index in [1.54, 1.807) is 41.5 Å². The molecular formula is C20H18Cl2N4O3. The highest BCUT2D eigenvalue weighted by atomic mass is 35.5. The van der Waals surface area contributed by atoms with Crippen LogP contribution in [0.2, 0.25) is 10.0 Å². The van der Waals surface area contributed by atoms with E-state index in [1.165, 1.54) is 0 Å². The Hall–Kier alpha value is -2.77. The Morgan fingerprint density at radius 2 is 2.10 bits per heavy atom. The largest absolute Gasteiger partial charge is 0.467 e. The van der Waals surface area contributed by atoms with Crippen molar-refractivity contribution in [3.63, 3.8) is 0 Å². The number of rotatable bonds is 5. The van der Waals surface area contributed by atoms with Crippen molar-refractivity contribution in [2.45, 2.75) is 25.9 Å². The van der Waals surface area contributed by atoms with E-state index in [0.717, 1.165) is 16.8 Å². The van der Waals surface area contributed by atoms with Crippen LogP contribution in [0.5, 0.6) is 0 Å². The van der Waals surface area contributed by atoms with Crippen LogP contribution >= 0.6 is 23.2 Å². The van der Waals surface area contributed by atoms with E-state index < -0.39 is 0 Å². The van der Waals surface area contributed by atoms with E-state index in [4.69, 9.17) is 27.6 Å².